The molecular formula is C22H14N8. The molecule has 5 aromatic heterocycles. The number of nitrogens with one attached hydrogen (secondary N) is 2. The van der Waals surface area contributed by atoms with Gasteiger partial charge in [0.05, 0.1) is 16.7 Å². The molecule has 0 unspecified atom stereocenters. The van der Waals surface area contributed by atoms with E-state index in [4.69, 9.17) is 4.98 Å². The molecular weight excluding hydrogens is 376 g/mol. The van der Waals surface area contributed by atoms with E-state index in [1.165, 1.54) is 6.33 Å². The van der Waals surface area contributed by atoms with Crippen LogP contribution in [0.5, 0.6) is 0 Å². The molecule has 0 saturated heterocycles. The van der Waals surface area contributed by atoms with E-state index in [1.807, 2.05) is 30.3 Å². The highest BCUT2D eigenvalue weighted by Gasteiger charge is 2.16. The zero-order valence-corrected chi connectivity index (χ0v) is 15.6. The van der Waals surface area contributed by atoms with Crippen molar-refractivity contribution >= 4 is 21.9 Å². The largest absolute Gasteiger partial charge is 0.336 e. The molecule has 2 N–H and O–H groups in total. The van der Waals surface area contributed by atoms with Gasteiger partial charge < -0.3 is 4.98 Å². The summed E-state index contributed by atoms with van der Waals surface area (Å²) in [4.78, 5) is 25.1. The molecule has 5 heterocycles. The summed E-state index contributed by atoms with van der Waals surface area (Å²) in [5.74, 6) is 0.681. The lowest BCUT2D eigenvalue weighted by atomic mass is 10.1. The second kappa shape index (κ2) is 6.56. The van der Waals surface area contributed by atoms with Crippen molar-refractivity contribution in [1.82, 2.24) is 40.1 Å². The summed E-state index contributed by atoms with van der Waals surface area (Å²) >= 11 is 0. The van der Waals surface area contributed by atoms with Gasteiger partial charge in [0.25, 0.3) is 0 Å². The Hall–Kier alpha value is -4.46. The summed E-state index contributed by atoms with van der Waals surface area (Å²) in [6.07, 6.45) is 10.4. The predicted molar refractivity (Wildman–Crippen MR) is 113 cm³/mol. The van der Waals surface area contributed by atoms with Crippen LogP contribution in [-0.2, 0) is 0 Å². The van der Waals surface area contributed by atoms with Gasteiger partial charge in [-0.05, 0) is 35.9 Å². The molecule has 30 heavy (non-hydrogen) atoms. The molecule has 6 aromatic rings. The molecule has 142 valence electrons. The molecule has 0 aliphatic carbocycles. The Morgan fingerprint density at radius 3 is 2.43 bits per heavy atom. The first-order valence-electron chi connectivity index (χ1n) is 9.36. The Balaban J connectivity index is 1.52. The number of nitrogens with zero attached hydrogens (tertiary/aromatic N) is 6. The molecule has 0 aliphatic rings. The van der Waals surface area contributed by atoms with Gasteiger partial charge in [-0.15, -0.1) is 0 Å². The quantitative estimate of drug-likeness (QED) is 0.472. The number of H-pyrrole nitrogens is 2. The zero-order chi connectivity index (χ0) is 19.9. The molecule has 0 aliphatic heterocycles. The first kappa shape index (κ1) is 16.5. The minimum atomic E-state index is 0.681. The summed E-state index contributed by atoms with van der Waals surface area (Å²) in [6.45, 7) is 0. The van der Waals surface area contributed by atoms with Crippen molar-refractivity contribution in [2.75, 3.05) is 0 Å². The smallest absolute Gasteiger partial charge is 0.159 e. The van der Waals surface area contributed by atoms with Gasteiger partial charge in [0.15, 0.2) is 5.82 Å². The van der Waals surface area contributed by atoms with Crippen LogP contribution in [0, 0.1) is 0 Å². The highest BCUT2D eigenvalue weighted by molar-refractivity contribution is 5.97. The van der Waals surface area contributed by atoms with Crippen molar-refractivity contribution < 1.29 is 0 Å². The number of rotatable bonds is 3. The molecule has 1 aromatic carbocycles. The van der Waals surface area contributed by atoms with Crippen molar-refractivity contribution in [1.29, 1.82) is 0 Å². The molecule has 0 spiro atoms. The van der Waals surface area contributed by atoms with Gasteiger partial charge in [-0.3, -0.25) is 15.1 Å². The fourth-order valence-electron chi connectivity index (χ4n) is 3.59. The van der Waals surface area contributed by atoms with Crippen LogP contribution in [0.3, 0.4) is 0 Å². The van der Waals surface area contributed by atoms with Gasteiger partial charge in [0.1, 0.15) is 17.5 Å². The summed E-state index contributed by atoms with van der Waals surface area (Å²) in [5.41, 5.74) is 7.10. The van der Waals surface area contributed by atoms with E-state index in [0.29, 0.717) is 5.82 Å². The highest BCUT2D eigenvalue weighted by atomic mass is 15.1. The number of aromatic nitrogens is 8. The van der Waals surface area contributed by atoms with Gasteiger partial charge in [-0.2, -0.15) is 5.10 Å². The third-order valence-corrected chi connectivity index (χ3v) is 5.04. The summed E-state index contributed by atoms with van der Waals surface area (Å²) in [7, 11) is 0. The molecule has 0 radical (unpaired) electrons. The van der Waals surface area contributed by atoms with E-state index < -0.39 is 0 Å². The van der Waals surface area contributed by atoms with Crippen LogP contribution in [0.1, 0.15) is 0 Å². The van der Waals surface area contributed by atoms with Crippen LogP contribution in [0.15, 0.2) is 73.7 Å². The Bertz CT molecular complexity index is 1490. The van der Waals surface area contributed by atoms with Crippen LogP contribution in [-0.4, -0.2) is 40.1 Å². The van der Waals surface area contributed by atoms with Crippen molar-refractivity contribution in [3.63, 3.8) is 0 Å². The van der Waals surface area contributed by atoms with E-state index in [-0.39, 0.29) is 0 Å². The summed E-state index contributed by atoms with van der Waals surface area (Å²) in [5, 5.41) is 8.57. The first-order chi connectivity index (χ1) is 14.9. The van der Waals surface area contributed by atoms with E-state index in [0.717, 1.165) is 50.0 Å². The van der Waals surface area contributed by atoms with E-state index in [2.05, 4.69) is 41.2 Å². The number of hydrogen-bond acceptors (Lipinski definition) is 6. The van der Waals surface area contributed by atoms with Crippen molar-refractivity contribution in [3.05, 3.63) is 73.7 Å². The third kappa shape index (κ3) is 2.62. The van der Waals surface area contributed by atoms with Crippen LogP contribution in [0.2, 0.25) is 0 Å². The van der Waals surface area contributed by atoms with Crippen molar-refractivity contribution in [2.45, 2.75) is 0 Å². The number of hydrogen-bond donors (Lipinski definition) is 2. The highest BCUT2D eigenvalue weighted by Crippen LogP contribution is 2.31. The van der Waals surface area contributed by atoms with Crippen molar-refractivity contribution in [2.24, 2.45) is 0 Å². The van der Waals surface area contributed by atoms with E-state index >= 15 is 0 Å². The van der Waals surface area contributed by atoms with Crippen molar-refractivity contribution in [3.8, 4) is 33.9 Å². The standard InChI is InChI=1S/C22H14N8/c1-2-17-16(9-14(1)15-10-24-12-25-11-15)20(30-29-17)22-27-18-5-8-26-19(21(18)28-22)13-3-6-23-7-4-13/h1-12H,(H,27,28)(H,29,30). The number of imidazole rings is 1. The topological polar surface area (TPSA) is 109 Å². The zero-order valence-electron chi connectivity index (χ0n) is 15.6. The fraction of sp³-hybridized carbons (Fsp3) is 0. The molecule has 0 amide bonds. The van der Waals surface area contributed by atoms with Gasteiger partial charge >= 0.3 is 0 Å². The predicted octanol–water partition coefficient (Wildman–Crippen LogP) is 4.02. The Morgan fingerprint density at radius 1 is 0.700 bits per heavy atom. The lowest BCUT2D eigenvalue weighted by Gasteiger charge is -2.01. The maximum atomic E-state index is 4.84. The number of fused-ring (bicyclic) bond motifs is 2. The van der Waals surface area contributed by atoms with Gasteiger partial charge in [0, 0.05) is 47.5 Å². The average molecular weight is 390 g/mol. The van der Waals surface area contributed by atoms with Crippen LogP contribution in [0.25, 0.3) is 55.8 Å². The summed E-state index contributed by atoms with van der Waals surface area (Å²) in [6, 6.07) is 11.9. The molecule has 0 bridgehead atoms. The minimum Gasteiger partial charge on any atom is -0.336 e. The van der Waals surface area contributed by atoms with Gasteiger partial charge in [0.2, 0.25) is 0 Å². The maximum Gasteiger partial charge on any atom is 0.159 e. The lowest BCUT2D eigenvalue weighted by molar-refractivity contribution is 1.11. The van der Waals surface area contributed by atoms with E-state index in [1.54, 1.807) is 31.0 Å². The van der Waals surface area contributed by atoms with Gasteiger partial charge in [-0.1, -0.05) is 6.07 Å². The average Bonchev–Trinajstić information content (AvgIpc) is 3.43. The second-order valence-corrected chi connectivity index (χ2v) is 6.84. The SMILES string of the molecule is c1cc(-c2nccc3[nH]c(-c4n[nH]c5ccc(-c6cncnc6)cc45)nc23)ccn1. The molecule has 0 saturated carbocycles. The number of aromatic amines is 2. The monoisotopic (exact) mass is 390 g/mol. The van der Waals surface area contributed by atoms with Crippen LogP contribution < -0.4 is 0 Å². The Labute approximate surface area is 170 Å². The first-order valence-corrected chi connectivity index (χ1v) is 9.36. The fourth-order valence-corrected chi connectivity index (χ4v) is 3.59. The molecule has 0 atom stereocenters. The van der Waals surface area contributed by atoms with E-state index in [9.17, 15) is 0 Å². The van der Waals surface area contributed by atoms with Gasteiger partial charge in [-0.25, -0.2) is 15.0 Å². The molecule has 8 nitrogen and oxygen atoms in total. The minimum absolute atomic E-state index is 0.681. The molecule has 6 rings (SSSR count). The normalized spacial score (nSPS) is 11.3. The molecule has 8 heteroatoms. The van der Waals surface area contributed by atoms with Crippen LogP contribution >= 0.6 is 0 Å². The molecule has 0 fully saturated rings. The Kier molecular flexibility index (Phi) is 3.60. The summed E-state index contributed by atoms with van der Waals surface area (Å²) < 4.78 is 0. The van der Waals surface area contributed by atoms with Crippen LogP contribution in [0.4, 0.5) is 0 Å². The maximum absolute atomic E-state index is 4.84. The second-order valence-electron chi connectivity index (χ2n) is 6.84. The Morgan fingerprint density at radius 2 is 1.57 bits per heavy atom. The number of pyridine rings is 2. The third-order valence-electron chi connectivity index (χ3n) is 5.04. The lowest BCUT2D eigenvalue weighted by Crippen LogP contribution is -1.86. The number of benzene rings is 1.